The molecule has 0 atom stereocenters. The Labute approximate surface area is 169 Å². The molecule has 8 nitrogen and oxygen atoms in total. The number of hydrogen-bond acceptors (Lipinski definition) is 6. The molecule has 2 aromatic rings. The molecule has 1 saturated heterocycles. The molecule has 0 saturated carbocycles. The summed E-state index contributed by atoms with van der Waals surface area (Å²) in [6.07, 6.45) is 1.53. The Morgan fingerprint density at radius 3 is 2.31 bits per heavy atom. The third kappa shape index (κ3) is 4.63. The number of rotatable bonds is 6. The molecule has 0 spiro atoms. The van der Waals surface area contributed by atoms with Crippen LogP contribution in [0.2, 0.25) is 0 Å². The predicted molar refractivity (Wildman–Crippen MR) is 107 cm³/mol. The minimum atomic E-state index is -3.81. The molecule has 1 heterocycles. The molecule has 0 radical (unpaired) electrons. The van der Waals surface area contributed by atoms with E-state index in [0.717, 1.165) is 18.9 Å². The van der Waals surface area contributed by atoms with Gasteiger partial charge in [0, 0.05) is 24.7 Å². The van der Waals surface area contributed by atoms with Crippen LogP contribution in [0.25, 0.3) is 0 Å². The number of carbonyl (C=O) groups excluding carboxylic acids is 1. The third-order valence-corrected chi connectivity index (χ3v) is 6.89. The van der Waals surface area contributed by atoms with Crippen molar-refractivity contribution in [1.82, 2.24) is 4.31 Å². The number of ether oxygens (including phenoxy) is 1. The zero-order valence-electron chi connectivity index (χ0n) is 16.2. The van der Waals surface area contributed by atoms with Gasteiger partial charge in [0.25, 0.3) is 0 Å². The third-order valence-electron chi connectivity index (χ3n) is 5.00. The number of ketones is 1. The number of Topliss-reactive ketones (excluding diaryl/α,β-unsaturated/α-hetero) is 1. The van der Waals surface area contributed by atoms with Gasteiger partial charge in [-0.25, -0.2) is 8.42 Å². The number of carbonyl (C=O) groups is 1. The van der Waals surface area contributed by atoms with E-state index in [0.29, 0.717) is 30.3 Å². The second-order valence-electron chi connectivity index (χ2n) is 7.16. The number of benzene rings is 2. The molecule has 0 unspecified atom stereocenters. The molecule has 1 aliphatic heterocycles. The van der Waals surface area contributed by atoms with E-state index in [2.05, 4.69) is 6.92 Å². The summed E-state index contributed by atoms with van der Waals surface area (Å²) in [6.45, 7) is 4.31. The van der Waals surface area contributed by atoms with Crippen LogP contribution in [-0.4, -0.2) is 36.5 Å². The van der Waals surface area contributed by atoms with E-state index in [-0.39, 0.29) is 16.4 Å². The van der Waals surface area contributed by atoms with Gasteiger partial charge in [-0.05, 0) is 62.1 Å². The summed E-state index contributed by atoms with van der Waals surface area (Å²) < 4.78 is 32.7. The molecule has 9 heteroatoms. The maximum Gasteiger partial charge on any atom is 0.312 e. The molecule has 29 heavy (non-hydrogen) atoms. The van der Waals surface area contributed by atoms with Crippen molar-refractivity contribution in [3.8, 4) is 11.5 Å². The number of sulfonamides is 1. The number of nitro groups is 1. The average molecular weight is 418 g/mol. The van der Waals surface area contributed by atoms with Gasteiger partial charge in [-0.3, -0.25) is 14.9 Å². The lowest BCUT2D eigenvalue weighted by atomic mass is 10.0. The molecule has 0 amide bonds. The first-order valence-electron chi connectivity index (χ1n) is 9.26. The second-order valence-corrected chi connectivity index (χ2v) is 9.09. The van der Waals surface area contributed by atoms with E-state index < -0.39 is 20.6 Å². The summed E-state index contributed by atoms with van der Waals surface area (Å²) in [7, 11) is -3.81. The van der Waals surface area contributed by atoms with E-state index >= 15 is 0 Å². The van der Waals surface area contributed by atoms with Crippen molar-refractivity contribution in [3.63, 3.8) is 0 Å². The fraction of sp³-hybridized carbons (Fsp3) is 0.350. The monoisotopic (exact) mass is 418 g/mol. The van der Waals surface area contributed by atoms with Crippen LogP contribution in [0.4, 0.5) is 5.69 Å². The zero-order valence-corrected chi connectivity index (χ0v) is 17.0. The minimum Gasteiger partial charge on any atom is -0.450 e. The molecule has 0 bridgehead atoms. The topological polar surface area (TPSA) is 107 Å². The van der Waals surface area contributed by atoms with Gasteiger partial charge in [-0.15, -0.1) is 0 Å². The minimum absolute atomic E-state index is 0.0724. The summed E-state index contributed by atoms with van der Waals surface area (Å²) in [6, 6.07) is 9.81. The van der Waals surface area contributed by atoms with Gasteiger partial charge in [-0.1, -0.05) is 6.92 Å². The van der Waals surface area contributed by atoms with Gasteiger partial charge < -0.3 is 4.74 Å². The standard InChI is InChI=1S/C20H22N2O6S/c1-14-9-11-21(12-10-14)29(26,27)18-7-8-20(19(13-18)22(24)25)28-17-5-3-16(4-6-17)15(2)23/h3-8,13-14H,9-12H2,1-2H3. The molecule has 2 aromatic carbocycles. The van der Waals surface area contributed by atoms with Gasteiger partial charge in [0.15, 0.2) is 5.78 Å². The quantitative estimate of drug-likeness (QED) is 0.398. The van der Waals surface area contributed by atoms with Gasteiger partial charge in [0.1, 0.15) is 5.75 Å². The van der Waals surface area contributed by atoms with Crippen LogP contribution in [0.3, 0.4) is 0 Å². The van der Waals surface area contributed by atoms with E-state index in [1.54, 1.807) is 12.1 Å². The van der Waals surface area contributed by atoms with Crippen molar-refractivity contribution >= 4 is 21.5 Å². The number of nitro benzene ring substituents is 1. The van der Waals surface area contributed by atoms with Gasteiger partial charge >= 0.3 is 5.69 Å². The Kier molecular flexibility index (Phi) is 5.99. The highest BCUT2D eigenvalue weighted by Crippen LogP contribution is 2.35. The summed E-state index contributed by atoms with van der Waals surface area (Å²) in [5.74, 6) is 0.584. The van der Waals surface area contributed by atoms with Gasteiger partial charge in [0.2, 0.25) is 15.8 Å². The van der Waals surface area contributed by atoms with Gasteiger partial charge in [0.05, 0.1) is 9.82 Å². The summed E-state index contributed by atoms with van der Waals surface area (Å²) in [5, 5.41) is 11.5. The Balaban J connectivity index is 1.89. The Morgan fingerprint density at radius 2 is 1.76 bits per heavy atom. The first-order chi connectivity index (χ1) is 13.7. The fourth-order valence-electron chi connectivity index (χ4n) is 3.15. The Morgan fingerprint density at radius 1 is 1.14 bits per heavy atom. The smallest absolute Gasteiger partial charge is 0.312 e. The predicted octanol–water partition coefficient (Wildman–Crippen LogP) is 4.01. The van der Waals surface area contributed by atoms with E-state index in [9.17, 15) is 23.3 Å². The van der Waals surface area contributed by atoms with Crippen molar-refractivity contribution in [2.45, 2.75) is 31.6 Å². The van der Waals surface area contributed by atoms with Crippen LogP contribution >= 0.6 is 0 Å². The number of hydrogen-bond donors (Lipinski definition) is 0. The van der Waals surface area contributed by atoms with Crippen molar-refractivity contribution in [2.75, 3.05) is 13.1 Å². The van der Waals surface area contributed by atoms with E-state index in [1.165, 1.54) is 35.5 Å². The van der Waals surface area contributed by atoms with Crippen LogP contribution in [0, 0.1) is 16.0 Å². The molecule has 1 fully saturated rings. The van der Waals surface area contributed by atoms with Crippen molar-refractivity contribution < 1.29 is 22.9 Å². The van der Waals surface area contributed by atoms with E-state index in [4.69, 9.17) is 4.74 Å². The van der Waals surface area contributed by atoms with Crippen molar-refractivity contribution in [1.29, 1.82) is 0 Å². The first-order valence-corrected chi connectivity index (χ1v) is 10.7. The Hall–Kier alpha value is -2.78. The number of piperidine rings is 1. The average Bonchev–Trinajstić information content (AvgIpc) is 2.68. The van der Waals surface area contributed by atoms with Crippen LogP contribution in [-0.2, 0) is 10.0 Å². The summed E-state index contributed by atoms with van der Waals surface area (Å²) in [5.41, 5.74) is 0.0521. The van der Waals surface area contributed by atoms with Crippen LogP contribution < -0.4 is 4.74 Å². The molecule has 0 aromatic heterocycles. The molecule has 154 valence electrons. The lowest BCUT2D eigenvalue weighted by Crippen LogP contribution is -2.37. The molecule has 0 N–H and O–H groups in total. The van der Waals surface area contributed by atoms with Crippen LogP contribution in [0.1, 0.15) is 37.0 Å². The van der Waals surface area contributed by atoms with Gasteiger partial charge in [-0.2, -0.15) is 4.31 Å². The highest BCUT2D eigenvalue weighted by atomic mass is 32.2. The highest BCUT2D eigenvalue weighted by molar-refractivity contribution is 7.89. The molecule has 1 aliphatic rings. The lowest BCUT2D eigenvalue weighted by Gasteiger charge is -2.29. The van der Waals surface area contributed by atoms with Crippen molar-refractivity contribution in [3.05, 3.63) is 58.1 Å². The maximum absolute atomic E-state index is 12.9. The largest absolute Gasteiger partial charge is 0.450 e. The van der Waals surface area contributed by atoms with Crippen LogP contribution in [0.15, 0.2) is 47.4 Å². The lowest BCUT2D eigenvalue weighted by molar-refractivity contribution is -0.385. The first kappa shape index (κ1) is 20.9. The SMILES string of the molecule is CC(=O)c1ccc(Oc2ccc(S(=O)(=O)N3CCC(C)CC3)cc2[N+](=O)[O-])cc1. The fourth-order valence-corrected chi connectivity index (χ4v) is 4.64. The summed E-state index contributed by atoms with van der Waals surface area (Å²) in [4.78, 5) is 22.1. The normalized spacial score (nSPS) is 15.8. The molecular formula is C20H22N2O6S. The van der Waals surface area contributed by atoms with E-state index in [1.807, 2.05) is 0 Å². The maximum atomic E-state index is 12.9. The van der Waals surface area contributed by atoms with Crippen LogP contribution in [0.5, 0.6) is 11.5 Å². The Bertz CT molecular complexity index is 1030. The second kappa shape index (κ2) is 8.30. The van der Waals surface area contributed by atoms with Crippen molar-refractivity contribution in [2.24, 2.45) is 5.92 Å². The molecular weight excluding hydrogens is 396 g/mol. The summed E-state index contributed by atoms with van der Waals surface area (Å²) >= 11 is 0. The zero-order chi connectivity index (χ0) is 21.2. The number of nitrogens with zero attached hydrogens (tertiary/aromatic N) is 2. The molecule has 3 rings (SSSR count). The highest BCUT2D eigenvalue weighted by Gasteiger charge is 2.30. The molecule has 0 aliphatic carbocycles.